The molecule has 1 saturated carbocycles. The summed E-state index contributed by atoms with van der Waals surface area (Å²) in [4.78, 5) is 0. The predicted molar refractivity (Wildman–Crippen MR) is 76.7 cm³/mol. The van der Waals surface area contributed by atoms with E-state index in [2.05, 4.69) is 9.88 Å². The van der Waals surface area contributed by atoms with Gasteiger partial charge < -0.3 is 9.88 Å². The molecule has 1 aliphatic rings. The van der Waals surface area contributed by atoms with Gasteiger partial charge in [0.2, 0.25) is 0 Å². The van der Waals surface area contributed by atoms with Crippen molar-refractivity contribution in [1.29, 1.82) is 0 Å². The minimum absolute atomic E-state index is 0.162. The van der Waals surface area contributed by atoms with Crippen molar-refractivity contribution in [1.82, 2.24) is 9.88 Å². The molecule has 0 bridgehead atoms. The van der Waals surface area contributed by atoms with Gasteiger partial charge in [0.1, 0.15) is 5.82 Å². The van der Waals surface area contributed by atoms with Crippen LogP contribution in [0.4, 0.5) is 4.39 Å². The van der Waals surface area contributed by atoms with Gasteiger partial charge in [-0.3, -0.25) is 0 Å². The van der Waals surface area contributed by atoms with Crippen molar-refractivity contribution in [3.05, 3.63) is 36.3 Å². The zero-order valence-corrected chi connectivity index (χ0v) is 11.2. The highest BCUT2D eigenvalue weighted by molar-refractivity contribution is 5.80. The van der Waals surface area contributed by atoms with Gasteiger partial charge in [-0.1, -0.05) is 12.8 Å². The lowest BCUT2D eigenvalue weighted by atomic mass is 10.1. The van der Waals surface area contributed by atoms with Crippen LogP contribution in [0.5, 0.6) is 0 Å². The van der Waals surface area contributed by atoms with Crippen LogP contribution in [0.3, 0.4) is 0 Å². The fourth-order valence-corrected chi connectivity index (χ4v) is 3.09. The van der Waals surface area contributed by atoms with Gasteiger partial charge in [-0.25, -0.2) is 4.39 Å². The second kappa shape index (κ2) is 5.74. The third-order valence-corrected chi connectivity index (χ3v) is 4.17. The number of benzene rings is 1. The van der Waals surface area contributed by atoms with Crippen LogP contribution in [-0.4, -0.2) is 17.7 Å². The van der Waals surface area contributed by atoms with Gasteiger partial charge >= 0.3 is 0 Å². The molecule has 0 amide bonds. The molecule has 1 heterocycles. The fraction of sp³-hybridized carbons (Fsp3) is 0.500. The van der Waals surface area contributed by atoms with Crippen molar-refractivity contribution in [3.8, 4) is 0 Å². The predicted octanol–water partition coefficient (Wildman–Crippen LogP) is 3.56. The maximum atomic E-state index is 13.1. The van der Waals surface area contributed by atoms with Gasteiger partial charge in [-0.2, -0.15) is 0 Å². The van der Waals surface area contributed by atoms with Gasteiger partial charge in [0.15, 0.2) is 0 Å². The maximum absolute atomic E-state index is 13.1. The molecule has 0 spiro atoms. The summed E-state index contributed by atoms with van der Waals surface area (Å²) in [6.07, 6.45) is 7.62. The molecule has 0 saturated heterocycles. The van der Waals surface area contributed by atoms with Gasteiger partial charge in [0.05, 0.1) is 0 Å². The molecular formula is C16H21FN2. The Morgan fingerprint density at radius 2 is 2.05 bits per heavy atom. The number of nitrogens with zero attached hydrogens (tertiary/aromatic N) is 1. The summed E-state index contributed by atoms with van der Waals surface area (Å²) in [5, 5.41) is 4.53. The van der Waals surface area contributed by atoms with Crippen LogP contribution in [0.1, 0.15) is 25.7 Å². The highest BCUT2D eigenvalue weighted by Crippen LogP contribution is 2.23. The van der Waals surface area contributed by atoms with Gasteiger partial charge in [0, 0.05) is 30.2 Å². The molecule has 1 fully saturated rings. The van der Waals surface area contributed by atoms with E-state index in [1.54, 1.807) is 6.07 Å². The summed E-state index contributed by atoms with van der Waals surface area (Å²) in [6, 6.07) is 6.97. The van der Waals surface area contributed by atoms with E-state index in [0.29, 0.717) is 0 Å². The highest BCUT2D eigenvalue weighted by atomic mass is 19.1. The first-order valence-corrected chi connectivity index (χ1v) is 7.28. The first-order chi connectivity index (χ1) is 9.33. The third kappa shape index (κ3) is 2.98. The minimum Gasteiger partial charge on any atom is -0.346 e. The molecule has 19 heavy (non-hydrogen) atoms. The van der Waals surface area contributed by atoms with Crippen LogP contribution >= 0.6 is 0 Å². The smallest absolute Gasteiger partial charge is 0.123 e. The molecular weight excluding hydrogens is 239 g/mol. The van der Waals surface area contributed by atoms with Gasteiger partial charge in [-0.05, 0) is 49.6 Å². The van der Waals surface area contributed by atoms with Crippen LogP contribution in [-0.2, 0) is 6.54 Å². The first kappa shape index (κ1) is 12.7. The number of nitrogens with one attached hydrogen (secondary N) is 1. The van der Waals surface area contributed by atoms with E-state index in [4.69, 9.17) is 0 Å². The van der Waals surface area contributed by atoms with E-state index in [-0.39, 0.29) is 5.82 Å². The van der Waals surface area contributed by atoms with E-state index in [0.717, 1.165) is 36.5 Å². The summed E-state index contributed by atoms with van der Waals surface area (Å²) < 4.78 is 15.3. The summed E-state index contributed by atoms with van der Waals surface area (Å²) in [5.74, 6) is 0.722. The third-order valence-electron chi connectivity index (χ3n) is 4.17. The Bertz CT molecular complexity index is 541. The zero-order valence-electron chi connectivity index (χ0n) is 11.2. The Morgan fingerprint density at radius 1 is 1.21 bits per heavy atom. The normalized spacial score (nSPS) is 16.5. The summed E-state index contributed by atoms with van der Waals surface area (Å²) in [5.41, 5.74) is 1.11. The number of halogens is 1. The standard InChI is InChI=1S/C16H21FN2/c17-15-5-6-16-14(11-15)7-9-19(16)10-8-18-12-13-3-1-2-4-13/h5-7,9,11,13,18H,1-4,8,10,12H2. The molecule has 3 rings (SSSR count). The van der Waals surface area contributed by atoms with Crippen LogP contribution in [0.2, 0.25) is 0 Å². The Kier molecular flexibility index (Phi) is 3.83. The summed E-state index contributed by atoms with van der Waals surface area (Å²) in [6.45, 7) is 3.08. The Hall–Kier alpha value is -1.35. The van der Waals surface area contributed by atoms with E-state index in [9.17, 15) is 4.39 Å². The van der Waals surface area contributed by atoms with E-state index < -0.39 is 0 Å². The topological polar surface area (TPSA) is 17.0 Å². The molecule has 0 unspecified atom stereocenters. The van der Waals surface area contributed by atoms with Gasteiger partial charge in [0.25, 0.3) is 0 Å². The minimum atomic E-state index is -0.162. The van der Waals surface area contributed by atoms with Crippen molar-refractivity contribution in [2.75, 3.05) is 13.1 Å². The number of rotatable bonds is 5. The van der Waals surface area contributed by atoms with Crippen LogP contribution in [0.25, 0.3) is 10.9 Å². The van der Waals surface area contributed by atoms with Crippen LogP contribution in [0.15, 0.2) is 30.5 Å². The lowest BCUT2D eigenvalue weighted by molar-refractivity contribution is 0.478. The van der Waals surface area contributed by atoms with Gasteiger partial charge in [-0.15, -0.1) is 0 Å². The number of hydrogen-bond donors (Lipinski definition) is 1. The number of hydrogen-bond acceptors (Lipinski definition) is 1. The fourth-order valence-electron chi connectivity index (χ4n) is 3.09. The van der Waals surface area contributed by atoms with Crippen molar-refractivity contribution in [3.63, 3.8) is 0 Å². The van der Waals surface area contributed by atoms with E-state index in [1.165, 1.54) is 31.7 Å². The largest absolute Gasteiger partial charge is 0.346 e. The number of aromatic nitrogens is 1. The van der Waals surface area contributed by atoms with E-state index in [1.807, 2.05) is 18.3 Å². The second-order valence-corrected chi connectivity index (χ2v) is 5.57. The van der Waals surface area contributed by atoms with E-state index >= 15 is 0 Å². The van der Waals surface area contributed by atoms with Crippen LogP contribution in [0, 0.1) is 11.7 Å². The first-order valence-electron chi connectivity index (χ1n) is 7.28. The lowest BCUT2D eigenvalue weighted by Crippen LogP contribution is -2.25. The molecule has 3 heteroatoms. The molecule has 1 aliphatic carbocycles. The summed E-state index contributed by atoms with van der Waals surface area (Å²) >= 11 is 0. The van der Waals surface area contributed by atoms with Crippen molar-refractivity contribution in [2.24, 2.45) is 5.92 Å². The SMILES string of the molecule is Fc1ccc2c(ccn2CCNCC2CCCC2)c1. The molecule has 2 nitrogen and oxygen atoms in total. The average molecular weight is 260 g/mol. The van der Waals surface area contributed by atoms with Crippen molar-refractivity contribution < 1.29 is 4.39 Å². The molecule has 2 aromatic rings. The molecule has 1 aromatic carbocycles. The molecule has 0 aliphatic heterocycles. The maximum Gasteiger partial charge on any atom is 0.123 e. The monoisotopic (exact) mass is 260 g/mol. The quantitative estimate of drug-likeness (QED) is 0.813. The highest BCUT2D eigenvalue weighted by Gasteiger charge is 2.13. The summed E-state index contributed by atoms with van der Waals surface area (Å²) in [7, 11) is 0. The second-order valence-electron chi connectivity index (χ2n) is 5.57. The molecule has 102 valence electrons. The molecule has 0 atom stereocenters. The lowest BCUT2D eigenvalue weighted by Gasteiger charge is -2.11. The Morgan fingerprint density at radius 3 is 2.89 bits per heavy atom. The van der Waals surface area contributed by atoms with Crippen molar-refractivity contribution in [2.45, 2.75) is 32.2 Å². The van der Waals surface area contributed by atoms with Crippen LogP contribution < -0.4 is 5.32 Å². The zero-order chi connectivity index (χ0) is 13.1. The molecule has 1 aromatic heterocycles. The number of fused-ring (bicyclic) bond motifs is 1. The molecule has 1 N–H and O–H groups in total. The molecule has 0 radical (unpaired) electrons. The Balaban J connectivity index is 1.53. The Labute approximate surface area is 113 Å². The average Bonchev–Trinajstić information content (AvgIpc) is 3.03. The van der Waals surface area contributed by atoms with Crippen molar-refractivity contribution >= 4 is 10.9 Å².